The fourth-order valence-corrected chi connectivity index (χ4v) is 1.21. The van der Waals surface area contributed by atoms with E-state index in [1.807, 2.05) is 6.92 Å². The summed E-state index contributed by atoms with van der Waals surface area (Å²) in [5, 5.41) is 0. The summed E-state index contributed by atoms with van der Waals surface area (Å²) in [7, 11) is 0. The molecule has 3 heteroatoms. The Balaban J connectivity index is 2.66. The summed E-state index contributed by atoms with van der Waals surface area (Å²) in [5.74, 6) is -0.393. The number of rotatable bonds is 5. The summed E-state index contributed by atoms with van der Waals surface area (Å²) >= 11 is 0. The van der Waals surface area contributed by atoms with Gasteiger partial charge < -0.3 is 4.74 Å². The van der Waals surface area contributed by atoms with Gasteiger partial charge in [0.25, 0.3) is 0 Å². The van der Waals surface area contributed by atoms with Gasteiger partial charge in [-0.3, -0.25) is 4.79 Å². The maximum absolute atomic E-state index is 13.4. The molecule has 1 aromatic carbocycles. The van der Waals surface area contributed by atoms with Crippen molar-refractivity contribution in [2.45, 2.75) is 20.3 Å². The fraction of sp³-hybridized carbons (Fsp3) is 0.308. The summed E-state index contributed by atoms with van der Waals surface area (Å²) in [5.41, 5.74) is 1.10. The van der Waals surface area contributed by atoms with Crippen molar-refractivity contribution in [1.82, 2.24) is 0 Å². The Kier molecular flexibility index (Phi) is 4.23. The van der Waals surface area contributed by atoms with Crippen molar-refractivity contribution in [3.05, 3.63) is 41.7 Å². The number of Topliss-reactive ketones (excluding diaryl/α,β-unsaturated/α-hetero) is 1. The molecule has 16 heavy (non-hydrogen) atoms. The fourth-order valence-electron chi connectivity index (χ4n) is 1.21. The molecule has 0 heterocycles. The van der Waals surface area contributed by atoms with Gasteiger partial charge in [0.2, 0.25) is 0 Å². The van der Waals surface area contributed by atoms with Gasteiger partial charge in [0.15, 0.2) is 5.78 Å². The number of halogens is 1. The zero-order chi connectivity index (χ0) is 12.1. The maximum Gasteiger partial charge on any atom is 0.162 e. The third kappa shape index (κ3) is 3.50. The smallest absolute Gasteiger partial charge is 0.162 e. The van der Waals surface area contributed by atoms with Crippen LogP contribution in [-0.2, 0) is 0 Å². The summed E-state index contributed by atoms with van der Waals surface area (Å²) in [4.78, 5) is 11.0. The predicted molar refractivity (Wildman–Crippen MR) is 61.3 cm³/mol. The lowest BCUT2D eigenvalue weighted by molar-refractivity contribution is 0.101. The molecule has 0 aliphatic rings. The second-order valence-corrected chi connectivity index (χ2v) is 3.75. The molecule has 1 rings (SSSR count). The zero-order valence-electron chi connectivity index (χ0n) is 9.55. The molecule has 0 saturated carbocycles. The molecular formula is C13H15FO2. The Labute approximate surface area is 94.7 Å². The van der Waals surface area contributed by atoms with Crippen molar-refractivity contribution in [3.63, 3.8) is 0 Å². The molecule has 0 bridgehead atoms. The number of hydrogen-bond donors (Lipinski definition) is 0. The molecule has 2 nitrogen and oxygen atoms in total. The van der Waals surface area contributed by atoms with Crippen LogP contribution < -0.4 is 4.74 Å². The van der Waals surface area contributed by atoms with Gasteiger partial charge in [0, 0.05) is 12.5 Å². The lowest BCUT2D eigenvalue weighted by Gasteiger charge is -2.07. The minimum atomic E-state index is -0.541. The molecule has 0 saturated heterocycles. The van der Waals surface area contributed by atoms with Gasteiger partial charge in [0.1, 0.15) is 11.6 Å². The average molecular weight is 222 g/mol. The molecule has 0 atom stereocenters. The first-order chi connectivity index (χ1) is 7.50. The van der Waals surface area contributed by atoms with Crippen molar-refractivity contribution >= 4 is 5.78 Å². The Hall–Kier alpha value is -1.64. The van der Waals surface area contributed by atoms with Gasteiger partial charge in [-0.15, -0.1) is 6.58 Å². The second-order valence-electron chi connectivity index (χ2n) is 3.75. The molecule has 86 valence electrons. The Bertz CT molecular complexity index is 410. The highest BCUT2D eigenvalue weighted by molar-refractivity contribution is 5.94. The number of hydrogen-bond acceptors (Lipinski definition) is 2. The molecule has 0 unspecified atom stereocenters. The van der Waals surface area contributed by atoms with E-state index >= 15 is 0 Å². The normalized spacial score (nSPS) is 9.94. The van der Waals surface area contributed by atoms with Crippen LogP contribution in [0.25, 0.3) is 0 Å². The SMILES string of the molecule is C=C(C)CCOc1ccc(C(C)=O)c(F)c1. The number of ketones is 1. The Morgan fingerprint density at radius 1 is 1.44 bits per heavy atom. The van der Waals surface area contributed by atoms with E-state index in [0.29, 0.717) is 12.4 Å². The van der Waals surface area contributed by atoms with Crippen LogP contribution in [0.5, 0.6) is 5.75 Å². The van der Waals surface area contributed by atoms with Crippen LogP contribution in [0.15, 0.2) is 30.4 Å². The number of benzene rings is 1. The highest BCUT2D eigenvalue weighted by atomic mass is 19.1. The molecule has 0 spiro atoms. The third-order valence-electron chi connectivity index (χ3n) is 2.12. The quantitative estimate of drug-likeness (QED) is 0.564. The first-order valence-corrected chi connectivity index (χ1v) is 5.08. The van der Waals surface area contributed by atoms with E-state index in [4.69, 9.17) is 4.74 Å². The van der Waals surface area contributed by atoms with E-state index in [1.165, 1.54) is 19.1 Å². The topological polar surface area (TPSA) is 26.3 Å². The minimum Gasteiger partial charge on any atom is -0.493 e. The first-order valence-electron chi connectivity index (χ1n) is 5.08. The molecule has 0 N–H and O–H groups in total. The van der Waals surface area contributed by atoms with E-state index in [1.54, 1.807) is 6.07 Å². The van der Waals surface area contributed by atoms with Crippen molar-refractivity contribution in [2.75, 3.05) is 6.61 Å². The first kappa shape index (κ1) is 12.4. The van der Waals surface area contributed by atoms with Gasteiger partial charge in [-0.05, 0) is 26.0 Å². The van der Waals surface area contributed by atoms with E-state index in [0.717, 1.165) is 12.0 Å². The van der Waals surface area contributed by atoms with Crippen LogP contribution in [-0.4, -0.2) is 12.4 Å². The van der Waals surface area contributed by atoms with Crippen LogP contribution in [0, 0.1) is 5.82 Å². The summed E-state index contributed by atoms with van der Waals surface area (Å²) in [6.07, 6.45) is 0.732. The van der Waals surface area contributed by atoms with Gasteiger partial charge in [0.05, 0.1) is 12.2 Å². The summed E-state index contributed by atoms with van der Waals surface area (Å²) in [6, 6.07) is 4.27. The average Bonchev–Trinajstić information content (AvgIpc) is 2.16. The Morgan fingerprint density at radius 2 is 2.12 bits per heavy atom. The van der Waals surface area contributed by atoms with Crippen LogP contribution in [0.3, 0.4) is 0 Å². The molecule has 0 aliphatic carbocycles. The molecular weight excluding hydrogens is 207 g/mol. The Morgan fingerprint density at radius 3 is 2.62 bits per heavy atom. The highest BCUT2D eigenvalue weighted by Gasteiger charge is 2.07. The van der Waals surface area contributed by atoms with E-state index in [9.17, 15) is 9.18 Å². The zero-order valence-corrected chi connectivity index (χ0v) is 9.55. The van der Waals surface area contributed by atoms with Gasteiger partial charge in [-0.2, -0.15) is 0 Å². The standard InChI is InChI=1S/C13H15FO2/c1-9(2)6-7-16-11-4-5-12(10(3)15)13(14)8-11/h4-5,8H,1,6-7H2,2-3H3. The molecule has 1 aromatic rings. The van der Waals surface area contributed by atoms with Crippen LogP contribution in [0.4, 0.5) is 4.39 Å². The lowest BCUT2D eigenvalue weighted by Crippen LogP contribution is -2.01. The monoisotopic (exact) mass is 222 g/mol. The largest absolute Gasteiger partial charge is 0.493 e. The predicted octanol–water partition coefficient (Wildman–Crippen LogP) is 3.37. The van der Waals surface area contributed by atoms with E-state index < -0.39 is 5.82 Å². The van der Waals surface area contributed by atoms with Crippen molar-refractivity contribution in [1.29, 1.82) is 0 Å². The number of carbonyl (C=O) groups excluding carboxylic acids is 1. The maximum atomic E-state index is 13.4. The van der Waals surface area contributed by atoms with Crippen LogP contribution in [0.2, 0.25) is 0 Å². The van der Waals surface area contributed by atoms with Gasteiger partial charge >= 0.3 is 0 Å². The van der Waals surface area contributed by atoms with Crippen molar-refractivity contribution in [3.8, 4) is 5.75 Å². The lowest BCUT2D eigenvalue weighted by atomic mass is 10.1. The van der Waals surface area contributed by atoms with Gasteiger partial charge in [-0.1, -0.05) is 5.57 Å². The molecule has 0 amide bonds. The third-order valence-corrected chi connectivity index (χ3v) is 2.12. The molecule has 0 aromatic heterocycles. The van der Waals surface area contributed by atoms with Crippen molar-refractivity contribution in [2.24, 2.45) is 0 Å². The summed E-state index contributed by atoms with van der Waals surface area (Å²) < 4.78 is 18.7. The van der Waals surface area contributed by atoms with Crippen molar-refractivity contribution < 1.29 is 13.9 Å². The number of ether oxygens (including phenoxy) is 1. The minimum absolute atomic E-state index is 0.0900. The number of carbonyl (C=O) groups is 1. The highest BCUT2D eigenvalue weighted by Crippen LogP contribution is 2.17. The van der Waals surface area contributed by atoms with E-state index in [-0.39, 0.29) is 11.3 Å². The summed E-state index contributed by atoms with van der Waals surface area (Å²) in [6.45, 7) is 7.45. The second kappa shape index (κ2) is 5.45. The van der Waals surface area contributed by atoms with Gasteiger partial charge in [-0.25, -0.2) is 4.39 Å². The molecule has 0 fully saturated rings. The molecule has 0 aliphatic heterocycles. The van der Waals surface area contributed by atoms with Crippen LogP contribution >= 0.6 is 0 Å². The molecule has 0 radical (unpaired) electrons. The van der Waals surface area contributed by atoms with Crippen LogP contribution in [0.1, 0.15) is 30.6 Å². The van der Waals surface area contributed by atoms with E-state index in [2.05, 4.69) is 6.58 Å².